The van der Waals surface area contributed by atoms with Crippen molar-refractivity contribution >= 4 is 34.0 Å². The van der Waals surface area contributed by atoms with Crippen molar-refractivity contribution in [2.24, 2.45) is 0 Å². The van der Waals surface area contributed by atoms with Crippen molar-refractivity contribution in [2.45, 2.75) is 0 Å². The van der Waals surface area contributed by atoms with Crippen LogP contribution in [0.25, 0.3) is 21.9 Å². The van der Waals surface area contributed by atoms with E-state index in [9.17, 15) is 24.3 Å². The predicted octanol–water partition coefficient (Wildman–Crippen LogP) is 2.67. The molecule has 1 N–H and O–H groups in total. The third-order valence-corrected chi connectivity index (χ3v) is 4.70. The van der Waals surface area contributed by atoms with Gasteiger partial charge in [0, 0.05) is 17.7 Å². The SMILES string of the molecule is COc1cc(O)cc2oc(=O)c(C(=O)c3cc4c(OC)cc(C=O)cc4oc3=O)cc12. The Hall–Kier alpha value is -4.40. The Labute approximate surface area is 173 Å². The minimum atomic E-state index is -1.01. The zero-order valence-corrected chi connectivity index (χ0v) is 16.3. The Morgan fingerprint density at radius 1 is 0.839 bits per heavy atom. The van der Waals surface area contributed by atoms with Gasteiger partial charge in [-0.2, -0.15) is 0 Å². The average molecular weight is 422 g/mol. The molecule has 9 nitrogen and oxygen atoms in total. The highest BCUT2D eigenvalue weighted by molar-refractivity contribution is 6.11. The van der Waals surface area contributed by atoms with Crippen molar-refractivity contribution in [2.75, 3.05) is 14.2 Å². The van der Waals surface area contributed by atoms with Crippen molar-refractivity contribution < 1.29 is 33.0 Å². The van der Waals surface area contributed by atoms with E-state index in [4.69, 9.17) is 18.3 Å². The van der Waals surface area contributed by atoms with Gasteiger partial charge in [-0.3, -0.25) is 9.59 Å². The molecule has 0 atom stereocenters. The number of aromatic hydroxyl groups is 1. The summed E-state index contributed by atoms with van der Waals surface area (Å²) in [6, 6.07) is 7.70. The Balaban J connectivity index is 1.94. The Kier molecular flexibility index (Phi) is 4.78. The van der Waals surface area contributed by atoms with E-state index in [1.807, 2.05) is 0 Å². The van der Waals surface area contributed by atoms with Crippen LogP contribution in [0.2, 0.25) is 0 Å². The summed E-state index contributed by atoms with van der Waals surface area (Å²) < 4.78 is 20.7. The third kappa shape index (κ3) is 3.31. The van der Waals surface area contributed by atoms with E-state index in [1.54, 1.807) is 0 Å². The standard InChI is InChI=1S/C22H14O9/c1-28-16-3-10(9-23)4-18-12(16)7-14(21(26)30-18)20(25)15-8-13-17(29-2)5-11(24)6-19(13)31-22(15)27/h3-9,24H,1-2H3. The van der Waals surface area contributed by atoms with E-state index < -0.39 is 28.2 Å². The van der Waals surface area contributed by atoms with E-state index in [0.29, 0.717) is 6.29 Å². The number of rotatable bonds is 5. The number of hydrogen-bond donors (Lipinski definition) is 1. The number of ketones is 1. The quantitative estimate of drug-likeness (QED) is 0.293. The topological polar surface area (TPSA) is 133 Å². The maximum Gasteiger partial charge on any atom is 0.347 e. The van der Waals surface area contributed by atoms with Crippen LogP contribution in [0.1, 0.15) is 26.3 Å². The number of ether oxygens (including phenoxy) is 2. The molecule has 4 aromatic rings. The number of carbonyl (C=O) groups is 2. The molecule has 2 aromatic heterocycles. The van der Waals surface area contributed by atoms with Crippen molar-refractivity contribution in [3.63, 3.8) is 0 Å². The van der Waals surface area contributed by atoms with Gasteiger partial charge in [0.25, 0.3) is 0 Å². The van der Waals surface area contributed by atoms with Crippen LogP contribution in [0, 0.1) is 0 Å². The molecule has 0 saturated heterocycles. The highest BCUT2D eigenvalue weighted by Crippen LogP contribution is 2.31. The zero-order chi connectivity index (χ0) is 22.3. The van der Waals surface area contributed by atoms with E-state index in [0.717, 1.165) is 0 Å². The number of phenolic OH excluding ortho intramolecular Hbond substituents is 1. The summed E-state index contributed by atoms with van der Waals surface area (Å²) in [4.78, 5) is 49.1. The highest BCUT2D eigenvalue weighted by atomic mass is 16.5. The molecule has 31 heavy (non-hydrogen) atoms. The summed E-state index contributed by atoms with van der Waals surface area (Å²) in [7, 11) is 2.70. The van der Waals surface area contributed by atoms with Gasteiger partial charge in [0.1, 0.15) is 45.8 Å². The minimum absolute atomic E-state index is 0.00649. The van der Waals surface area contributed by atoms with Crippen LogP contribution in [-0.4, -0.2) is 31.4 Å². The van der Waals surface area contributed by atoms with Crippen LogP contribution in [0.3, 0.4) is 0 Å². The van der Waals surface area contributed by atoms with Crippen LogP contribution in [0.15, 0.2) is 54.8 Å². The van der Waals surface area contributed by atoms with Crippen LogP contribution in [0.5, 0.6) is 17.2 Å². The maximum absolute atomic E-state index is 13.1. The Morgan fingerprint density at radius 2 is 1.35 bits per heavy atom. The smallest absolute Gasteiger partial charge is 0.347 e. The van der Waals surface area contributed by atoms with Gasteiger partial charge in [-0.15, -0.1) is 0 Å². The Morgan fingerprint density at radius 3 is 1.87 bits per heavy atom. The summed E-state index contributed by atoms with van der Waals surface area (Å²) in [6.45, 7) is 0. The molecule has 9 heteroatoms. The lowest BCUT2D eigenvalue weighted by atomic mass is 10.0. The lowest BCUT2D eigenvalue weighted by molar-refractivity contribution is 0.103. The number of carbonyl (C=O) groups excluding carboxylic acids is 2. The molecule has 156 valence electrons. The second kappa shape index (κ2) is 7.45. The second-order valence-electron chi connectivity index (χ2n) is 6.54. The fourth-order valence-electron chi connectivity index (χ4n) is 3.25. The molecule has 0 amide bonds. The molecule has 4 rings (SSSR count). The largest absolute Gasteiger partial charge is 0.508 e. The zero-order valence-electron chi connectivity index (χ0n) is 16.3. The van der Waals surface area contributed by atoms with Gasteiger partial charge in [-0.1, -0.05) is 0 Å². The van der Waals surface area contributed by atoms with Crippen molar-refractivity contribution in [1.29, 1.82) is 0 Å². The molecular formula is C22H14O9. The predicted molar refractivity (Wildman–Crippen MR) is 109 cm³/mol. The number of phenols is 1. The normalized spacial score (nSPS) is 10.9. The summed E-state index contributed by atoms with van der Waals surface area (Å²) in [6.07, 6.45) is 0.562. The molecule has 2 heterocycles. The number of benzene rings is 2. The molecule has 2 aromatic carbocycles. The lowest BCUT2D eigenvalue weighted by Crippen LogP contribution is -2.21. The van der Waals surface area contributed by atoms with Crippen molar-refractivity contribution in [3.8, 4) is 17.2 Å². The van der Waals surface area contributed by atoms with Gasteiger partial charge in [0.2, 0.25) is 5.78 Å². The van der Waals surface area contributed by atoms with E-state index in [2.05, 4.69) is 0 Å². The van der Waals surface area contributed by atoms with Gasteiger partial charge >= 0.3 is 11.3 Å². The van der Waals surface area contributed by atoms with E-state index in [-0.39, 0.29) is 44.8 Å². The van der Waals surface area contributed by atoms with Crippen LogP contribution in [-0.2, 0) is 0 Å². The fraction of sp³-hybridized carbons (Fsp3) is 0.0909. The first-order valence-electron chi connectivity index (χ1n) is 8.87. The maximum atomic E-state index is 13.1. The molecule has 0 radical (unpaired) electrons. The first-order valence-corrected chi connectivity index (χ1v) is 8.87. The highest BCUT2D eigenvalue weighted by Gasteiger charge is 2.23. The third-order valence-electron chi connectivity index (χ3n) is 4.70. The number of hydrogen-bond acceptors (Lipinski definition) is 9. The number of aldehydes is 1. The lowest BCUT2D eigenvalue weighted by Gasteiger charge is -2.08. The fourth-order valence-corrected chi connectivity index (χ4v) is 3.25. The molecule has 0 spiro atoms. The second-order valence-corrected chi connectivity index (χ2v) is 6.54. The monoisotopic (exact) mass is 422 g/mol. The van der Waals surface area contributed by atoms with Crippen LogP contribution in [0.4, 0.5) is 0 Å². The van der Waals surface area contributed by atoms with Gasteiger partial charge in [0.05, 0.1) is 25.0 Å². The van der Waals surface area contributed by atoms with Gasteiger partial charge in [0.15, 0.2) is 0 Å². The van der Waals surface area contributed by atoms with Crippen LogP contribution >= 0.6 is 0 Å². The van der Waals surface area contributed by atoms with Gasteiger partial charge in [-0.25, -0.2) is 9.59 Å². The number of fused-ring (bicyclic) bond motifs is 2. The van der Waals surface area contributed by atoms with Crippen LogP contribution < -0.4 is 20.7 Å². The van der Waals surface area contributed by atoms with E-state index in [1.165, 1.54) is 50.6 Å². The molecule has 0 aliphatic carbocycles. The van der Waals surface area contributed by atoms with Crippen molar-refractivity contribution in [3.05, 3.63) is 73.9 Å². The summed E-state index contributed by atoms with van der Waals surface area (Å²) in [5.74, 6) is -0.743. The molecule has 0 aliphatic heterocycles. The van der Waals surface area contributed by atoms with Crippen molar-refractivity contribution in [1.82, 2.24) is 0 Å². The molecule has 0 saturated carbocycles. The van der Waals surface area contributed by atoms with Gasteiger partial charge in [-0.05, 0) is 24.3 Å². The summed E-state index contributed by atoms with van der Waals surface area (Å²) >= 11 is 0. The first kappa shape index (κ1) is 19.9. The summed E-state index contributed by atoms with van der Waals surface area (Å²) in [5.41, 5.74) is -2.58. The molecular weight excluding hydrogens is 408 g/mol. The minimum Gasteiger partial charge on any atom is -0.508 e. The first-order chi connectivity index (χ1) is 14.9. The molecule has 0 fully saturated rings. The summed E-state index contributed by atoms with van der Waals surface area (Å²) in [5, 5.41) is 10.2. The molecule has 0 unspecified atom stereocenters. The van der Waals surface area contributed by atoms with E-state index >= 15 is 0 Å². The molecule has 0 aliphatic rings. The molecule has 0 bridgehead atoms. The average Bonchev–Trinajstić information content (AvgIpc) is 2.76. The number of methoxy groups -OCH3 is 2. The van der Waals surface area contributed by atoms with Gasteiger partial charge < -0.3 is 23.4 Å². The Bertz CT molecular complexity index is 1490.